The Bertz CT molecular complexity index is 1030. The lowest BCUT2D eigenvalue weighted by Crippen LogP contribution is -2.27. The number of hydrogen-bond acceptors (Lipinski definition) is 4. The molecule has 0 aliphatic carbocycles. The van der Waals surface area contributed by atoms with Crippen LogP contribution in [0.15, 0.2) is 47.0 Å². The second-order valence-corrected chi connectivity index (χ2v) is 5.87. The Balaban J connectivity index is 1.57. The van der Waals surface area contributed by atoms with E-state index < -0.39 is 11.6 Å². The van der Waals surface area contributed by atoms with Gasteiger partial charge in [0.25, 0.3) is 5.89 Å². The summed E-state index contributed by atoms with van der Waals surface area (Å²) in [7, 11) is 0. The van der Waals surface area contributed by atoms with Gasteiger partial charge < -0.3 is 9.84 Å². The fourth-order valence-electron chi connectivity index (χ4n) is 2.76. The zero-order chi connectivity index (χ0) is 18.8. The van der Waals surface area contributed by atoms with Crippen LogP contribution in [0.5, 0.6) is 0 Å². The summed E-state index contributed by atoms with van der Waals surface area (Å²) in [5.74, 6) is -1.38. The lowest BCUT2D eigenvalue weighted by molar-refractivity contribution is 0.252. The number of carbonyl (C=O) groups excluding carboxylic acids is 1. The molecular weight excluding hydrogens is 354 g/mol. The number of benzene rings is 2. The van der Waals surface area contributed by atoms with Crippen molar-refractivity contribution in [2.24, 2.45) is 0 Å². The smallest absolute Gasteiger partial charge is 0.321 e. The van der Waals surface area contributed by atoms with Gasteiger partial charge in [0.1, 0.15) is 0 Å². The normalized spacial score (nSPS) is 14.1. The third-order valence-corrected chi connectivity index (χ3v) is 4.10. The van der Waals surface area contributed by atoms with E-state index in [1.54, 1.807) is 23.1 Å². The maximum atomic E-state index is 13.7. The topological polar surface area (TPSA) is 71.3 Å². The Morgan fingerprint density at radius 2 is 2.00 bits per heavy atom. The first-order chi connectivity index (χ1) is 13.1. The van der Waals surface area contributed by atoms with Crippen LogP contribution in [-0.2, 0) is 0 Å². The number of nitrogens with one attached hydrogen (secondary N) is 1. The summed E-state index contributed by atoms with van der Waals surface area (Å²) in [5.41, 5.74) is 1.48. The monoisotopic (exact) mass is 368 g/mol. The molecular formula is C19H14F2N4O2. The highest BCUT2D eigenvalue weighted by Gasteiger charge is 2.21. The molecule has 0 spiro atoms. The minimum absolute atomic E-state index is 0.0804. The fourth-order valence-corrected chi connectivity index (χ4v) is 2.76. The van der Waals surface area contributed by atoms with Crippen molar-refractivity contribution in [1.82, 2.24) is 15.5 Å². The van der Waals surface area contributed by atoms with E-state index in [-0.39, 0.29) is 17.5 Å². The van der Waals surface area contributed by atoms with Crippen LogP contribution < -0.4 is 10.2 Å². The molecule has 8 heteroatoms. The largest absolute Gasteiger partial charge is 0.336 e. The van der Waals surface area contributed by atoms with Gasteiger partial charge in [-0.15, -0.1) is 0 Å². The lowest BCUT2D eigenvalue weighted by Gasteiger charge is -2.14. The van der Waals surface area contributed by atoms with Gasteiger partial charge in [-0.25, -0.2) is 13.6 Å². The molecule has 2 amide bonds. The summed E-state index contributed by atoms with van der Waals surface area (Å²) in [6, 6.07) is 10.9. The van der Waals surface area contributed by atoms with E-state index in [2.05, 4.69) is 15.5 Å². The van der Waals surface area contributed by atoms with E-state index in [9.17, 15) is 13.6 Å². The minimum atomic E-state index is -0.940. The molecule has 2 aromatic carbocycles. The van der Waals surface area contributed by atoms with Crippen molar-refractivity contribution in [3.8, 4) is 11.4 Å². The number of rotatable bonds is 4. The van der Waals surface area contributed by atoms with Gasteiger partial charge in [0.15, 0.2) is 11.6 Å². The van der Waals surface area contributed by atoms with Gasteiger partial charge in [-0.3, -0.25) is 4.90 Å². The van der Waals surface area contributed by atoms with Crippen LogP contribution in [0, 0.1) is 11.6 Å². The van der Waals surface area contributed by atoms with Gasteiger partial charge in [0, 0.05) is 36.0 Å². The Hall–Kier alpha value is -3.55. The predicted molar refractivity (Wildman–Crippen MR) is 95.8 cm³/mol. The number of nitrogens with zero attached hydrogens (tertiary/aromatic N) is 3. The van der Waals surface area contributed by atoms with E-state index in [1.165, 1.54) is 24.3 Å². The summed E-state index contributed by atoms with van der Waals surface area (Å²) in [6.07, 6.45) is 2.77. The highest BCUT2D eigenvalue weighted by atomic mass is 19.2. The van der Waals surface area contributed by atoms with Crippen LogP contribution in [0.25, 0.3) is 23.5 Å². The first-order valence-electron chi connectivity index (χ1n) is 8.23. The first kappa shape index (κ1) is 16.9. The average molecular weight is 368 g/mol. The third-order valence-electron chi connectivity index (χ3n) is 4.10. The molecule has 136 valence electrons. The van der Waals surface area contributed by atoms with Crippen molar-refractivity contribution in [2.45, 2.75) is 0 Å². The van der Waals surface area contributed by atoms with Crippen LogP contribution >= 0.6 is 0 Å². The maximum absolute atomic E-state index is 13.7. The molecule has 6 nitrogen and oxygen atoms in total. The molecule has 0 bridgehead atoms. The molecule has 2 heterocycles. The maximum Gasteiger partial charge on any atom is 0.321 e. The van der Waals surface area contributed by atoms with Crippen molar-refractivity contribution in [2.75, 3.05) is 18.0 Å². The van der Waals surface area contributed by atoms with Crippen LogP contribution in [0.2, 0.25) is 0 Å². The van der Waals surface area contributed by atoms with E-state index in [0.29, 0.717) is 24.5 Å². The molecule has 0 saturated carbocycles. The van der Waals surface area contributed by atoms with Crippen molar-refractivity contribution in [3.63, 3.8) is 0 Å². The molecule has 27 heavy (non-hydrogen) atoms. The number of urea groups is 1. The van der Waals surface area contributed by atoms with Gasteiger partial charge in [0.2, 0.25) is 5.82 Å². The van der Waals surface area contributed by atoms with Gasteiger partial charge in [-0.1, -0.05) is 29.4 Å². The Labute approximate surface area is 153 Å². The van der Waals surface area contributed by atoms with Crippen molar-refractivity contribution in [1.29, 1.82) is 0 Å². The number of aromatic nitrogens is 2. The quantitative estimate of drug-likeness (QED) is 0.762. The van der Waals surface area contributed by atoms with E-state index in [0.717, 1.165) is 11.8 Å². The highest BCUT2D eigenvalue weighted by molar-refractivity contribution is 5.94. The standard InChI is InChI=1S/C19H14F2N4O2/c20-15-6-2-3-12(17(15)21)7-8-16-23-18(24-27-16)13-4-1-5-14(11-13)25-10-9-22-19(25)26/h1-8,11H,9-10H2,(H,22,26)/b8-7+. The van der Waals surface area contributed by atoms with Crippen LogP contribution in [0.4, 0.5) is 19.3 Å². The summed E-state index contributed by atoms with van der Waals surface area (Å²) in [5, 5.41) is 6.64. The van der Waals surface area contributed by atoms with Gasteiger partial charge >= 0.3 is 6.03 Å². The zero-order valence-electron chi connectivity index (χ0n) is 14.0. The molecule has 0 radical (unpaired) electrons. The predicted octanol–water partition coefficient (Wildman–Crippen LogP) is 3.71. The van der Waals surface area contributed by atoms with E-state index >= 15 is 0 Å². The lowest BCUT2D eigenvalue weighted by atomic mass is 10.2. The average Bonchev–Trinajstić information content (AvgIpc) is 3.32. The van der Waals surface area contributed by atoms with Gasteiger partial charge in [0.05, 0.1) is 0 Å². The fraction of sp³-hybridized carbons (Fsp3) is 0.105. The van der Waals surface area contributed by atoms with E-state index in [4.69, 9.17) is 4.52 Å². The molecule has 1 aliphatic rings. The van der Waals surface area contributed by atoms with Crippen LogP contribution in [0.3, 0.4) is 0 Å². The van der Waals surface area contributed by atoms with Crippen molar-refractivity contribution < 1.29 is 18.1 Å². The number of halogens is 2. The summed E-state index contributed by atoms with van der Waals surface area (Å²) in [6.45, 7) is 1.18. The number of hydrogen-bond donors (Lipinski definition) is 1. The molecule has 1 N–H and O–H groups in total. The van der Waals surface area contributed by atoms with Crippen LogP contribution in [-0.4, -0.2) is 29.3 Å². The molecule has 0 atom stereocenters. The SMILES string of the molecule is O=C1NCCN1c1cccc(-c2noc(/C=C/c3cccc(F)c3F)n2)c1. The molecule has 3 aromatic rings. The number of carbonyl (C=O) groups is 1. The Morgan fingerprint density at radius 3 is 2.81 bits per heavy atom. The van der Waals surface area contributed by atoms with Crippen molar-refractivity contribution >= 4 is 23.9 Å². The Kier molecular flexibility index (Phi) is 4.37. The molecule has 1 aliphatic heterocycles. The summed E-state index contributed by atoms with van der Waals surface area (Å²) >= 11 is 0. The van der Waals surface area contributed by atoms with Gasteiger partial charge in [-0.05, 0) is 24.3 Å². The molecule has 4 rings (SSSR count). The Morgan fingerprint density at radius 1 is 1.15 bits per heavy atom. The molecule has 0 unspecified atom stereocenters. The second kappa shape index (κ2) is 6.99. The molecule has 1 saturated heterocycles. The van der Waals surface area contributed by atoms with Crippen molar-refractivity contribution in [3.05, 3.63) is 65.6 Å². The molecule has 1 fully saturated rings. The third kappa shape index (κ3) is 3.41. The summed E-state index contributed by atoms with van der Waals surface area (Å²) in [4.78, 5) is 17.7. The molecule has 1 aromatic heterocycles. The minimum Gasteiger partial charge on any atom is -0.336 e. The summed E-state index contributed by atoms with van der Waals surface area (Å²) < 4.78 is 32.0. The second-order valence-electron chi connectivity index (χ2n) is 5.87. The number of anilines is 1. The van der Waals surface area contributed by atoms with Gasteiger partial charge in [-0.2, -0.15) is 4.98 Å². The number of amides is 2. The first-order valence-corrected chi connectivity index (χ1v) is 8.23. The van der Waals surface area contributed by atoms with Crippen LogP contribution in [0.1, 0.15) is 11.5 Å². The zero-order valence-corrected chi connectivity index (χ0v) is 14.0. The highest BCUT2D eigenvalue weighted by Crippen LogP contribution is 2.24. The van der Waals surface area contributed by atoms with E-state index in [1.807, 2.05) is 6.07 Å².